The van der Waals surface area contributed by atoms with Crippen LogP contribution in [0, 0.1) is 6.92 Å². The molecule has 0 spiro atoms. The first-order chi connectivity index (χ1) is 9.84. The topological polar surface area (TPSA) is 33.1 Å². The molecule has 106 valence electrons. The predicted molar refractivity (Wildman–Crippen MR) is 81.7 cm³/mol. The summed E-state index contributed by atoms with van der Waals surface area (Å²) in [5.74, 6) is 0. The molecule has 1 aromatic carbocycles. The van der Waals surface area contributed by atoms with E-state index in [1.165, 1.54) is 16.8 Å². The molecule has 2 heterocycles. The Hall–Kier alpha value is -1.65. The average molecular weight is 270 g/mol. The van der Waals surface area contributed by atoms with E-state index in [0.717, 1.165) is 39.3 Å². The van der Waals surface area contributed by atoms with Crippen LogP contribution < -0.4 is 5.32 Å². The molecule has 20 heavy (non-hydrogen) atoms. The van der Waals surface area contributed by atoms with Crippen LogP contribution >= 0.6 is 0 Å². The van der Waals surface area contributed by atoms with Crippen molar-refractivity contribution >= 4 is 0 Å². The van der Waals surface area contributed by atoms with Gasteiger partial charge in [-0.25, -0.2) is 4.98 Å². The van der Waals surface area contributed by atoms with Gasteiger partial charge >= 0.3 is 0 Å². The fraction of sp³-hybridized carbons (Fsp3) is 0.438. The summed E-state index contributed by atoms with van der Waals surface area (Å²) < 4.78 is 2.27. The summed E-state index contributed by atoms with van der Waals surface area (Å²) in [6.07, 6.45) is 3.92. The van der Waals surface area contributed by atoms with Gasteiger partial charge in [0.25, 0.3) is 0 Å². The number of nitrogens with one attached hydrogen (secondary N) is 1. The summed E-state index contributed by atoms with van der Waals surface area (Å²) in [6, 6.07) is 8.51. The van der Waals surface area contributed by atoms with Crippen molar-refractivity contribution in [2.45, 2.75) is 13.5 Å². The van der Waals surface area contributed by atoms with Crippen LogP contribution in [0.25, 0.3) is 11.3 Å². The minimum atomic E-state index is 1.00. The SMILES string of the molecule is Cc1ccccc1-c1cncn1CCN1CCNCC1. The van der Waals surface area contributed by atoms with Gasteiger partial charge in [-0.2, -0.15) is 0 Å². The molecule has 4 nitrogen and oxygen atoms in total. The van der Waals surface area contributed by atoms with Gasteiger partial charge < -0.3 is 9.88 Å². The van der Waals surface area contributed by atoms with E-state index in [9.17, 15) is 0 Å². The first-order valence-electron chi connectivity index (χ1n) is 7.34. The summed E-state index contributed by atoms with van der Waals surface area (Å²) >= 11 is 0. The van der Waals surface area contributed by atoms with E-state index in [2.05, 4.69) is 51.0 Å². The number of nitrogens with zero attached hydrogens (tertiary/aromatic N) is 3. The minimum Gasteiger partial charge on any atom is -0.329 e. The Labute approximate surface area is 120 Å². The maximum atomic E-state index is 4.34. The number of hydrogen-bond donors (Lipinski definition) is 1. The molecule has 4 heteroatoms. The number of piperazine rings is 1. The molecule has 2 aromatic rings. The molecular weight excluding hydrogens is 248 g/mol. The monoisotopic (exact) mass is 270 g/mol. The highest BCUT2D eigenvalue weighted by molar-refractivity contribution is 5.63. The van der Waals surface area contributed by atoms with Gasteiger partial charge in [0.2, 0.25) is 0 Å². The number of aromatic nitrogens is 2. The molecule has 0 saturated carbocycles. The highest BCUT2D eigenvalue weighted by atomic mass is 15.2. The number of benzene rings is 1. The fourth-order valence-electron chi connectivity index (χ4n) is 2.77. The van der Waals surface area contributed by atoms with E-state index in [1.807, 2.05) is 12.5 Å². The molecule has 0 radical (unpaired) electrons. The summed E-state index contributed by atoms with van der Waals surface area (Å²) in [6.45, 7) is 8.76. The molecule has 1 saturated heterocycles. The molecular formula is C16H22N4. The lowest BCUT2D eigenvalue weighted by Gasteiger charge is -2.27. The quantitative estimate of drug-likeness (QED) is 0.919. The van der Waals surface area contributed by atoms with Crippen molar-refractivity contribution in [3.8, 4) is 11.3 Å². The van der Waals surface area contributed by atoms with Crippen LogP contribution in [-0.4, -0.2) is 47.2 Å². The van der Waals surface area contributed by atoms with Gasteiger partial charge in [-0.05, 0) is 12.5 Å². The molecule has 1 fully saturated rings. The van der Waals surface area contributed by atoms with Gasteiger partial charge in [0.15, 0.2) is 0 Å². The molecule has 1 aromatic heterocycles. The summed E-state index contributed by atoms with van der Waals surface area (Å²) in [7, 11) is 0. The molecule has 3 rings (SSSR count). The van der Waals surface area contributed by atoms with Crippen LogP contribution in [0.5, 0.6) is 0 Å². The van der Waals surface area contributed by atoms with Crippen molar-refractivity contribution in [1.82, 2.24) is 19.8 Å². The number of aryl methyl sites for hydroxylation is 1. The minimum absolute atomic E-state index is 1.00. The predicted octanol–water partition coefficient (Wildman–Crippen LogP) is 1.76. The number of hydrogen-bond acceptors (Lipinski definition) is 3. The van der Waals surface area contributed by atoms with Gasteiger partial charge in [0.1, 0.15) is 0 Å². The Morgan fingerprint density at radius 2 is 1.95 bits per heavy atom. The van der Waals surface area contributed by atoms with Crippen LogP contribution in [0.1, 0.15) is 5.56 Å². The van der Waals surface area contributed by atoms with Crippen LogP contribution in [0.2, 0.25) is 0 Å². The van der Waals surface area contributed by atoms with Crippen molar-refractivity contribution in [2.75, 3.05) is 32.7 Å². The third-order valence-corrected chi connectivity index (χ3v) is 4.00. The molecule has 0 amide bonds. The van der Waals surface area contributed by atoms with Crippen molar-refractivity contribution in [1.29, 1.82) is 0 Å². The number of rotatable bonds is 4. The van der Waals surface area contributed by atoms with E-state index in [1.54, 1.807) is 0 Å². The van der Waals surface area contributed by atoms with E-state index >= 15 is 0 Å². The maximum Gasteiger partial charge on any atom is 0.0951 e. The highest BCUT2D eigenvalue weighted by Gasteiger charge is 2.11. The molecule has 1 aliphatic heterocycles. The zero-order valence-corrected chi connectivity index (χ0v) is 12.0. The average Bonchev–Trinajstić information content (AvgIpc) is 2.95. The smallest absolute Gasteiger partial charge is 0.0951 e. The second-order valence-corrected chi connectivity index (χ2v) is 5.38. The van der Waals surface area contributed by atoms with E-state index < -0.39 is 0 Å². The largest absolute Gasteiger partial charge is 0.329 e. The Balaban J connectivity index is 1.72. The maximum absolute atomic E-state index is 4.34. The highest BCUT2D eigenvalue weighted by Crippen LogP contribution is 2.22. The van der Waals surface area contributed by atoms with Crippen LogP contribution in [0.3, 0.4) is 0 Å². The van der Waals surface area contributed by atoms with Gasteiger partial charge in [0, 0.05) is 44.8 Å². The number of imidazole rings is 1. The lowest BCUT2D eigenvalue weighted by Crippen LogP contribution is -2.44. The Morgan fingerprint density at radius 3 is 2.75 bits per heavy atom. The van der Waals surface area contributed by atoms with Gasteiger partial charge in [0.05, 0.1) is 18.2 Å². The third kappa shape index (κ3) is 2.92. The Bertz CT molecular complexity index is 555. The van der Waals surface area contributed by atoms with Crippen molar-refractivity contribution in [3.05, 3.63) is 42.4 Å². The molecule has 1 N–H and O–H groups in total. The van der Waals surface area contributed by atoms with Crippen molar-refractivity contribution in [3.63, 3.8) is 0 Å². The second kappa shape index (κ2) is 6.20. The third-order valence-electron chi connectivity index (χ3n) is 4.00. The fourth-order valence-corrected chi connectivity index (χ4v) is 2.77. The standard InChI is InChI=1S/C16H22N4/c1-14-4-2-3-5-15(14)16-12-18-13-20(16)11-10-19-8-6-17-7-9-19/h2-5,12-13,17H,6-11H2,1H3. The zero-order chi connectivity index (χ0) is 13.8. The second-order valence-electron chi connectivity index (χ2n) is 5.38. The summed E-state index contributed by atoms with van der Waals surface area (Å²) in [4.78, 5) is 6.85. The molecule has 0 aliphatic carbocycles. The van der Waals surface area contributed by atoms with Crippen LogP contribution in [-0.2, 0) is 6.54 Å². The van der Waals surface area contributed by atoms with Gasteiger partial charge in [-0.3, -0.25) is 4.90 Å². The Kier molecular flexibility index (Phi) is 4.14. The first-order valence-corrected chi connectivity index (χ1v) is 7.34. The normalized spacial score (nSPS) is 16.4. The van der Waals surface area contributed by atoms with Gasteiger partial charge in [-0.15, -0.1) is 0 Å². The van der Waals surface area contributed by atoms with Crippen LogP contribution in [0.15, 0.2) is 36.8 Å². The lowest BCUT2D eigenvalue weighted by atomic mass is 10.1. The molecule has 0 atom stereocenters. The Morgan fingerprint density at radius 1 is 1.15 bits per heavy atom. The molecule has 0 bridgehead atoms. The molecule has 0 unspecified atom stereocenters. The zero-order valence-electron chi connectivity index (χ0n) is 12.0. The van der Waals surface area contributed by atoms with E-state index in [0.29, 0.717) is 0 Å². The van der Waals surface area contributed by atoms with Gasteiger partial charge in [-0.1, -0.05) is 24.3 Å². The first kappa shape index (κ1) is 13.3. The lowest BCUT2D eigenvalue weighted by molar-refractivity contribution is 0.233. The van der Waals surface area contributed by atoms with Crippen molar-refractivity contribution in [2.24, 2.45) is 0 Å². The summed E-state index contributed by atoms with van der Waals surface area (Å²) in [5.41, 5.74) is 3.81. The van der Waals surface area contributed by atoms with E-state index in [4.69, 9.17) is 0 Å². The summed E-state index contributed by atoms with van der Waals surface area (Å²) in [5, 5.41) is 3.39. The van der Waals surface area contributed by atoms with Crippen LogP contribution in [0.4, 0.5) is 0 Å². The van der Waals surface area contributed by atoms with E-state index in [-0.39, 0.29) is 0 Å². The molecule has 1 aliphatic rings. The van der Waals surface area contributed by atoms with Crippen molar-refractivity contribution < 1.29 is 0 Å².